The molecule has 0 aliphatic heterocycles. The van der Waals surface area contributed by atoms with E-state index in [9.17, 15) is 0 Å². The lowest BCUT2D eigenvalue weighted by Gasteiger charge is -2.30. The first-order valence-electron chi connectivity index (χ1n) is 16.3. The monoisotopic (exact) mass is 619 g/mol. The molecule has 1 heterocycles. The Morgan fingerprint density at radius 2 is 1.09 bits per heavy atom. The zero-order valence-electron chi connectivity index (χ0n) is 26.4. The quantitative estimate of drug-likeness (QED) is 0.185. The number of hydrogen-bond donors (Lipinski definition) is 0. The molecule has 0 spiro atoms. The van der Waals surface area contributed by atoms with Gasteiger partial charge in [0, 0.05) is 36.8 Å². The van der Waals surface area contributed by atoms with Crippen LogP contribution in [0.2, 0.25) is 0 Å². The van der Waals surface area contributed by atoms with Crippen molar-refractivity contribution in [2.75, 3.05) is 4.90 Å². The van der Waals surface area contributed by atoms with E-state index in [-0.39, 0.29) is 5.41 Å². The number of thiophene rings is 1. The first-order chi connectivity index (χ1) is 23.1. The summed E-state index contributed by atoms with van der Waals surface area (Å²) < 4.78 is 2.60. The van der Waals surface area contributed by atoms with Crippen LogP contribution in [0.25, 0.3) is 53.6 Å². The molecule has 0 unspecified atom stereocenters. The lowest BCUT2D eigenvalue weighted by Crippen LogP contribution is -2.15. The minimum absolute atomic E-state index is 0.107. The smallest absolute Gasteiger partial charge is 0.0555 e. The van der Waals surface area contributed by atoms with Crippen molar-refractivity contribution in [3.8, 4) is 33.4 Å². The summed E-state index contributed by atoms with van der Waals surface area (Å²) in [7, 11) is 0. The second-order valence-electron chi connectivity index (χ2n) is 12.9. The van der Waals surface area contributed by atoms with Crippen molar-refractivity contribution in [2.24, 2.45) is 0 Å². The van der Waals surface area contributed by atoms with Crippen LogP contribution in [-0.2, 0) is 5.41 Å². The highest BCUT2D eigenvalue weighted by molar-refractivity contribution is 7.26. The van der Waals surface area contributed by atoms with Crippen molar-refractivity contribution in [1.29, 1.82) is 0 Å². The van der Waals surface area contributed by atoms with Gasteiger partial charge in [-0.3, -0.25) is 0 Å². The average Bonchev–Trinajstić information content (AvgIpc) is 3.62. The molecule has 9 rings (SSSR count). The molecule has 1 nitrogen and oxygen atoms in total. The molecular formula is C45H33NS. The molecule has 1 aliphatic rings. The lowest BCUT2D eigenvalue weighted by atomic mass is 9.82. The summed E-state index contributed by atoms with van der Waals surface area (Å²) in [5.41, 5.74) is 13.8. The normalized spacial score (nSPS) is 13.1. The third-order valence-corrected chi connectivity index (χ3v) is 11.0. The largest absolute Gasteiger partial charge is 0.309 e. The van der Waals surface area contributed by atoms with Gasteiger partial charge in [0.05, 0.1) is 11.4 Å². The van der Waals surface area contributed by atoms with E-state index in [0.29, 0.717) is 0 Å². The van der Waals surface area contributed by atoms with Gasteiger partial charge in [0.1, 0.15) is 0 Å². The Kier molecular flexibility index (Phi) is 6.41. The Bertz CT molecular complexity index is 2440. The topological polar surface area (TPSA) is 3.24 Å². The molecule has 0 N–H and O–H groups in total. The molecule has 7 aromatic carbocycles. The highest BCUT2D eigenvalue weighted by atomic mass is 32.1. The van der Waals surface area contributed by atoms with Gasteiger partial charge in [0.15, 0.2) is 0 Å². The van der Waals surface area contributed by atoms with Crippen LogP contribution in [0.15, 0.2) is 164 Å². The molecule has 47 heavy (non-hydrogen) atoms. The van der Waals surface area contributed by atoms with E-state index >= 15 is 0 Å². The molecule has 0 amide bonds. The molecule has 0 radical (unpaired) electrons. The van der Waals surface area contributed by atoms with E-state index in [1.807, 2.05) is 11.3 Å². The maximum absolute atomic E-state index is 2.50. The van der Waals surface area contributed by atoms with Crippen molar-refractivity contribution < 1.29 is 0 Å². The number of fused-ring (bicyclic) bond motifs is 6. The van der Waals surface area contributed by atoms with E-state index in [1.165, 1.54) is 70.4 Å². The third-order valence-electron chi connectivity index (χ3n) is 9.88. The second-order valence-corrected chi connectivity index (χ2v) is 14.0. The molecule has 1 aliphatic carbocycles. The van der Waals surface area contributed by atoms with Crippen molar-refractivity contribution in [2.45, 2.75) is 19.3 Å². The lowest BCUT2D eigenvalue weighted by molar-refractivity contribution is 0.660. The molecule has 0 saturated carbocycles. The van der Waals surface area contributed by atoms with Gasteiger partial charge in [-0.05, 0) is 75.3 Å². The van der Waals surface area contributed by atoms with Crippen LogP contribution in [-0.4, -0.2) is 0 Å². The van der Waals surface area contributed by atoms with Crippen molar-refractivity contribution >= 4 is 48.6 Å². The van der Waals surface area contributed by atoms with Gasteiger partial charge in [-0.25, -0.2) is 0 Å². The fraction of sp³-hybridized carbons (Fsp3) is 0.0667. The summed E-state index contributed by atoms with van der Waals surface area (Å²) in [5.74, 6) is 0. The Labute approximate surface area is 280 Å². The molecule has 1 aromatic heterocycles. The maximum atomic E-state index is 2.50. The Hall–Kier alpha value is -5.44. The van der Waals surface area contributed by atoms with E-state index in [1.54, 1.807) is 0 Å². The number of hydrogen-bond acceptors (Lipinski definition) is 2. The van der Waals surface area contributed by atoms with Crippen LogP contribution in [0.5, 0.6) is 0 Å². The maximum Gasteiger partial charge on any atom is 0.0555 e. The van der Waals surface area contributed by atoms with Gasteiger partial charge in [0.2, 0.25) is 0 Å². The molecule has 0 bridgehead atoms. The first-order valence-corrected chi connectivity index (χ1v) is 17.1. The zero-order valence-corrected chi connectivity index (χ0v) is 27.3. The summed E-state index contributed by atoms with van der Waals surface area (Å²) in [6.07, 6.45) is 0. The Morgan fingerprint density at radius 1 is 0.468 bits per heavy atom. The molecular weight excluding hydrogens is 587 g/mol. The van der Waals surface area contributed by atoms with Crippen LogP contribution < -0.4 is 4.90 Å². The van der Waals surface area contributed by atoms with Crippen LogP contribution in [0.3, 0.4) is 0 Å². The third kappa shape index (κ3) is 4.36. The van der Waals surface area contributed by atoms with Gasteiger partial charge in [0.25, 0.3) is 0 Å². The fourth-order valence-electron chi connectivity index (χ4n) is 7.67. The van der Waals surface area contributed by atoms with Crippen molar-refractivity contribution in [1.82, 2.24) is 0 Å². The Morgan fingerprint density at radius 3 is 1.89 bits per heavy atom. The van der Waals surface area contributed by atoms with Crippen LogP contribution in [0, 0.1) is 0 Å². The van der Waals surface area contributed by atoms with E-state index < -0.39 is 0 Å². The summed E-state index contributed by atoms with van der Waals surface area (Å²) in [6, 6.07) is 60.0. The van der Waals surface area contributed by atoms with Gasteiger partial charge in [-0.15, -0.1) is 11.3 Å². The van der Waals surface area contributed by atoms with Gasteiger partial charge in [-0.2, -0.15) is 0 Å². The molecule has 8 aromatic rings. The predicted octanol–water partition coefficient (Wildman–Crippen LogP) is 13.2. The van der Waals surface area contributed by atoms with Crippen molar-refractivity contribution in [3.05, 3.63) is 175 Å². The van der Waals surface area contributed by atoms with Crippen LogP contribution >= 0.6 is 11.3 Å². The SMILES string of the molecule is CC1(C)c2ccc(N(c3ccccc3-c3ccccc3)c3cccc4sc5ccccc5c34)cc2-c2c(-c3ccccc3)cccc21. The van der Waals surface area contributed by atoms with Crippen LogP contribution in [0.4, 0.5) is 17.1 Å². The van der Waals surface area contributed by atoms with Gasteiger partial charge >= 0.3 is 0 Å². The average molecular weight is 620 g/mol. The number of rotatable bonds is 5. The first kappa shape index (κ1) is 27.8. The minimum atomic E-state index is -0.107. The molecule has 0 saturated heterocycles. The second kappa shape index (κ2) is 10.8. The summed E-state index contributed by atoms with van der Waals surface area (Å²) in [4.78, 5) is 2.50. The highest BCUT2D eigenvalue weighted by Gasteiger charge is 2.37. The standard InChI is InChI=1S/C45H33NS/c1-45(2)37-28-27-32(29-36(37)43-34(21-13-22-38(43)45)31-17-7-4-8-18-31)46(39-23-11-9-19-33(39)30-15-5-3-6-16-30)40-24-14-26-42-44(40)35-20-10-12-25-41(35)47-42/h3-29H,1-2H3. The number of benzene rings is 7. The van der Waals surface area contributed by atoms with E-state index in [4.69, 9.17) is 0 Å². The predicted molar refractivity (Wildman–Crippen MR) is 202 cm³/mol. The van der Waals surface area contributed by atoms with Gasteiger partial charge < -0.3 is 4.90 Å². The Balaban J connectivity index is 1.35. The zero-order chi connectivity index (χ0) is 31.5. The van der Waals surface area contributed by atoms with E-state index in [0.717, 1.165) is 11.4 Å². The fourth-order valence-corrected chi connectivity index (χ4v) is 8.80. The molecule has 224 valence electrons. The summed E-state index contributed by atoms with van der Waals surface area (Å²) >= 11 is 1.87. The number of para-hydroxylation sites is 1. The number of nitrogens with zero attached hydrogens (tertiary/aromatic N) is 1. The molecule has 0 fully saturated rings. The van der Waals surface area contributed by atoms with Crippen molar-refractivity contribution in [3.63, 3.8) is 0 Å². The highest BCUT2D eigenvalue weighted by Crippen LogP contribution is 2.54. The summed E-state index contributed by atoms with van der Waals surface area (Å²) in [5, 5.41) is 2.59. The van der Waals surface area contributed by atoms with Crippen LogP contribution in [0.1, 0.15) is 25.0 Å². The molecule has 2 heteroatoms. The van der Waals surface area contributed by atoms with E-state index in [2.05, 4.69) is 183 Å². The summed E-state index contributed by atoms with van der Waals surface area (Å²) in [6.45, 7) is 4.74. The van der Waals surface area contributed by atoms with Gasteiger partial charge in [-0.1, -0.05) is 141 Å². The number of anilines is 3. The molecule has 0 atom stereocenters. The minimum Gasteiger partial charge on any atom is -0.309 e.